The topological polar surface area (TPSA) is 67.5 Å². The largest absolute Gasteiger partial charge is 0.481 e. The summed E-state index contributed by atoms with van der Waals surface area (Å²) in [7, 11) is 0. The zero-order valence-electron chi connectivity index (χ0n) is 9.79. The zero-order chi connectivity index (χ0) is 12.7. The Morgan fingerprint density at radius 3 is 2.89 bits per heavy atom. The minimum atomic E-state index is -0.908. The maximum atomic E-state index is 10.8. The molecule has 0 bridgehead atoms. The predicted molar refractivity (Wildman–Crippen MR) is 66.6 cm³/mol. The van der Waals surface area contributed by atoms with Gasteiger partial charge in [-0.2, -0.15) is 0 Å². The van der Waals surface area contributed by atoms with Gasteiger partial charge >= 0.3 is 5.97 Å². The van der Waals surface area contributed by atoms with Crippen LogP contribution >= 0.6 is 0 Å². The van der Waals surface area contributed by atoms with Gasteiger partial charge in [0.25, 0.3) is 0 Å². The number of carboxylic acid groups (broad SMARTS) is 1. The van der Waals surface area contributed by atoms with Crippen molar-refractivity contribution in [3.8, 4) is 0 Å². The minimum Gasteiger partial charge on any atom is -0.481 e. The van der Waals surface area contributed by atoms with Crippen LogP contribution in [-0.2, 0) is 11.2 Å². The predicted octanol–water partition coefficient (Wildman–Crippen LogP) is 1.82. The number of benzene rings is 1. The van der Waals surface area contributed by atoms with Crippen molar-refractivity contribution in [1.82, 2.24) is 14.6 Å². The second-order valence-electron chi connectivity index (χ2n) is 4.22. The van der Waals surface area contributed by atoms with E-state index in [1.54, 1.807) is 4.40 Å². The van der Waals surface area contributed by atoms with Crippen LogP contribution in [0.25, 0.3) is 16.6 Å². The molecule has 0 fully saturated rings. The quantitative estimate of drug-likeness (QED) is 0.743. The lowest BCUT2D eigenvalue weighted by Crippen LogP contribution is -2.05. The molecule has 5 heteroatoms. The van der Waals surface area contributed by atoms with Crippen molar-refractivity contribution in [1.29, 1.82) is 0 Å². The Morgan fingerprint density at radius 2 is 2.11 bits per heavy atom. The van der Waals surface area contributed by atoms with E-state index in [2.05, 4.69) is 10.2 Å². The molecular formula is C13H11N3O2. The standard InChI is InChI=1S/C13H11N3O2/c1-8-6-11-14-15-12(7-13(17)18)16(11)10-5-3-2-4-9(8)10/h2-6H,7H2,1H3,(H,17,18). The number of aromatic nitrogens is 3. The summed E-state index contributed by atoms with van der Waals surface area (Å²) in [6.07, 6.45) is -0.131. The Bertz CT molecular complexity index is 761. The molecule has 1 aromatic carbocycles. The highest BCUT2D eigenvalue weighted by atomic mass is 16.4. The number of aliphatic carboxylic acids is 1. The lowest BCUT2D eigenvalue weighted by molar-refractivity contribution is -0.136. The van der Waals surface area contributed by atoms with E-state index in [4.69, 9.17) is 5.11 Å². The first kappa shape index (κ1) is 10.7. The number of hydrogen-bond donors (Lipinski definition) is 1. The molecule has 2 heterocycles. The molecule has 0 amide bonds. The van der Waals surface area contributed by atoms with Crippen LogP contribution in [0, 0.1) is 6.92 Å². The van der Waals surface area contributed by atoms with E-state index >= 15 is 0 Å². The first-order valence-electron chi connectivity index (χ1n) is 5.61. The van der Waals surface area contributed by atoms with Crippen LogP contribution in [0.5, 0.6) is 0 Å². The molecular weight excluding hydrogens is 230 g/mol. The third-order valence-electron chi connectivity index (χ3n) is 2.98. The van der Waals surface area contributed by atoms with Gasteiger partial charge in [0.15, 0.2) is 5.65 Å². The highest BCUT2D eigenvalue weighted by molar-refractivity contribution is 5.85. The summed E-state index contributed by atoms with van der Waals surface area (Å²) >= 11 is 0. The van der Waals surface area contributed by atoms with Gasteiger partial charge in [0.2, 0.25) is 0 Å². The van der Waals surface area contributed by atoms with Crippen LogP contribution in [0.3, 0.4) is 0 Å². The Balaban J connectivity index is 2.42. The molecule has 0 aliphatic rings. The van der Waals surface area contributed by atoms with Crippen molar-refractivity contribution in [2.24, 2.45) is 0 Å². The first-order chi connectivity index (χ1) is 8.66. The Morgan fingerprint density at radius 1 is 1.33 bits per heavy atom. The summed E-state index contributed by atoms with van der Waals surface area (Å²) in [6, 6.07) is 9.76. The van der Waals surface area contributed by atoms with E-state index in [1.807, 2.05) is 37.3 Å². The molecule has 0 saturated heterocycles. The Hall–Kier alpha value is -2.43. The number of carboxylic acids is 1. The third kappa shape index (κ3) is 1.52. The zero-order valence-corrected chi connectivity index (χ0v) is 9.79. The number of carbonyl (C=O) groups is 1. The van der Waals surface area contributed by atoms with Crippen LogP contribution in [0.2, 0.25) is 0 Å². The monoisotopic (exact) mass is 241 g/mol. The van der Waals surface area contributed by atoms with Crippen LogP contribution in [-0.4, -0.2) is 25.7 Å². The van der Waals surface area contributed by atoms with Gasteiger partial charge in [-0.15, -0.1) is 10.2 Å². The van der Waals surface area contributed by atoms with Crippen LogP contribution in [0.1, 0.15) is 11.4 Å². The maximum absolute atomic E-state index is 10.8. The number of nitrogens with zero attached hydrogens (tertiary/aromatic N) is 3. The van der Waals surface area contributed by atoms with E-state index < -0.39 is 5.97 Å². The summed E-state index contributed by atoms with van der Waals surface area (Å²) in [5.74, 6) is -0.456. The summed E-state index contributed by atoms with van der Waals surface area (Å²) in [5, 5.41) is 18.0. The molecule has 0 aliphatic heterocycles. The van der Waals surface area contributed by atoms with Crippen molar-refractivity contribution in [3.05, 3.63) is 41.7 Å². The van der Waals surface area contributed by atoms with Crippen molar-refractivity contribution in [2.45, 2.75) is 13.3 Å². The molecule has 1 N–H and O–H groups in total. The number of fused-ring (bicyclic) bond motifs is 3. The van der Waals surface area contributed by atoms with Gasteiger partial charge in [0, 0.05) is 5.39 Å². The average molecular weight is 241 g/mol. The molecule has 90 valence electrons. The van der Waals surface area contributed by atoms with E-state index in [0.29, 0.717) is 11.5 Å². The van der Waals surface area contributed by atoms with Gasteiger partial charge in [-0.1, -0.05) is 18.2 Å². The number of pyridine rings is 1. The van der Waals surface area contributed by atoms with E-state index in [1.165, 1.54) is 0 Å². The maximum Gasteiger partial charge on any atom is 0.311 e. The highest BCUT2D eigenvalue weighted by Gasteiger charge is 2.12. The number of rotatable bonds is 2. The normalized spacial score (nSPS) is 11.2. The van der Waals surface area contributed by atoms with E-state index in [-0.39, 0.29) is 6.42 Å². The first-order valence-corrected chi connectivity index (χ1v) is 5.61. The van der Waals surface area contributed by atoms with Crippen molar-refractivity contribution < 1.29 is 9.90 Å². The van der Waals surface area contributed by atoms with Gasteiger partial charge in [0.1, 0.15) is 12.2 Å². The Kier molecular flexibility index (Phi) is 2.26. The molecule has 3 aromatic rings. The molecule has 18 heavy (non-hydrogen) atoms. The van der Waals surface area contributed by atoms with E-state index in [0.717, 1.165) is 16.5 Å². The molecule has 0 aliphatic carbocycles. The lowest BCUT2D eigenvalue weighted by Gasteiger charge is -2.06. The number of hydrogen-bond acceptors (Lipinski definition) is 3. The number of para-hydroxylation sites is 1. The summed E-state index contributed by atoms with van der Waals surface area (Å²) in [4.78, 5) is 10.8. The fourth-order valence-corrected chi connectivity index (χ4v) is 2.21. The second kappa shape index (κ2) is 3.80. The summed E-state index contributed by atoms with van der Waals surface area (Å²) in [6.45, 7) is 2.01. The van der Waals surface area contributed by atoms with Crippen molar-refractivity contribution in [3.63, 3.8) is 0 Å². The van der Waals surface area contributed by atoms with Gasteiger partial charge in [-0.05, 0) is 24.6 Å². The molecule has 2 aromatic heterocycles. The fraction of sp³-hybridized carbons (Fsp3) is 0.154. The minimum absolute atomic E-state index is 0.131. The molecule has 0 radical (unpaired) electrons. The van der Waals surface area contributed by atoms with Gasteiger partial charge < -0.3 is 5.11 Å². The molecule has 0 unspecified atom stereocenters. The summed E-state index contributed by atoms with van der Waals surface area (Å²) < 4.78 is 1.80. The van der Waals surface area contributed by atoms with Gasteiger partial charge in [0.05, 0.1) is 5.52 Å². The SMILES string of the molecule is Cc1cc2nnc(CC(=O)O)n2c2ccccc12. The second-order valence-corrected chi connectivity index (χ2v) is 4.22. The fourth-order valence-electron chi connectivity index (χ4n) is 2.21. The molecule has 5 nitrogen and oxygen atoms in total. The average Bonchev–Trinajstić information content (AvgIpc) is 2.72. The Labute approximate surface area is 103 Å². The van der Waals surface area contributed by atoms with Crippen LogP contribution in [0.4, 0.5) is 0 Å². The van der Waals surface area contributed by atoms with E-state index in [9.17, 15) is 4.79 Å². The van der Waals surface area contributed by atoms with Crippen molar-refractivity contribution in [2.75, 3.05) is 0 Å². The summed E-state index contributed by atoms with van der Waals surface area (Å²) in [5.41, 5.74) is 2.73. The van der Waals surface area contributed by atoms with Crippen LogP contribution in [0.15, 0.2) is 30.3 Å². The van der Waals surface area contributed by atoms with Crippen molar-refractivity contribution >= 4 is 22.5 Å². The van der Waals surface area contributed by atoms with Crippen LogP contribution < -0.4 is 0 Å². The molecule has 0 saturated carbocycles. The number of aryl methyl sites for hydroxylation is 1. The van der Waals surface area contributed by atoms with Gasteiger partial charge in [-0.3, -0.25) is 9.20 Å². The smallest absolute Gasteiger partial charge is 0.311 e. The van der Waals surface area contributed by atoms with Gasteiger partial charge in [-0.25, -0.2) is 0 Å². The third-order valence-corrected chi connectivity index (χ3v) is 2.98. The molecule has 0 spiro atoms. The lowest BCUT2D eigenvalue weighted by atomic mass is 10.1. The molecule has 3 rings (SSSR count). The molecule has 0 atom stereocenters. The highest BCUT2D eigenvalue weighted by Crippen LogP contribution is 2.21.